The second-order valence-electron chi connectivity index (χ2n) is 2.87. The maximum Gasteiger partial charge on any atom is 0.223 e. The average molecular weight is 143 g/mol. The van der Waals surface area contributed by atoms with Crippen molar-refractivity contribution in [3.05, 3.63) is 0 Å². The number of carbonyl (C=O) groups excluding carboxylic acids is 1. The van der Waals surface area contributed by atoms with Crippen molar-refractivity contribution in [3.8, 4) is 0 Å². The molecule has 0 heterocycles. The molecule has 0 aliphatic carbocycles. The molecule has 0 rings (SSSR count). The van der Waals surface area contributed by atoms with Crippen LogP contribution in [0, 0.1) is 11.8 Å². The third-order valence-electron chi connectivity index (χ3n) is 1.83. The number of hydrogen-bond acceptors (Lipinski definition) is 1. The van der Waals surface area contributed by atoms with E-state index in [2.05, 4.69) is 19.2 Å². The van der Waals surface area contributed by atoms with Crippen LogP contribution in [0.15, 0.2) is 0 Å². The first-order chi connectivity index (χ1) is 4.63. The Balaban J connectivity index is 3.93. The molecule has 1 N–H and O–H groups in total. The summed E-state index contributed by atoms with van der Waals surface area (Å²) in [5, 5.41) is 2.66. The van der Waals surface area contributed by atoms with Gasteiger partial charge in [-0.3, -0.25) is 4.79 Å². The topological polar surface area (TPSA) is 29.1 Å². The summed E-state index contributed by atoms with van der Waals surface area (Å²) in [5.74, 6) is 0.799. The Bertz CT molecular complexity index is 110. The fraction of sp³-hybridized carbons (Fsp3) is 0.875. The fourth-order valence-corrected chi connectivity index (χ4v) is 1.14. The van der Waals surface area contributed by atoms with Crippen LogP contribution in [0.4, 0.5) is 0 Å². The standard InChI is InChI=1S/C8H17NO/c1-5-7(6(2)3)8(10)9-4/h6-7H,5H2,1-4H3,(H,9,10)/t7-/m0/s1. The molecule has 0 unspecified atom stereocenters. The number of hydrogen-bond donors (Lipinski definition) is 1. The lowest BCUT2D eigenvalue weighted by Crippen LogP contribution is -2.30. The number of nitrogens with one attached hydrogen (secondary N) is 1. The number of rotatable bonds is 3. The molecule has 2 nitrogen and oxygen atoms in total. The predicted octanol–water partition coefficient (Wildman–Crippen LogP) is 1.41. The van der Waals surface area contributed by atoms with Crippen LogP contribution in [-0.4, -0.2) is 13.0 Å². The van der Waals surface area contributed by atoms with E-state index in [1.54, 1.807) is 7.05 Å². The zero-order valence-corrected chi connectivity index (χ0v) is 7.27. The van der Waals surface area contributed by atoms with Gasteiger partial charge in [0.1, 0.15) is 0 Å². The first-order valence-electron chi connectivity index (χ1n) is 3.85. The summed E-state index contributed by atoms with van der Waals surface area (Å²) >= 11 is 0. The third-order valence-corrected chi connectivity index (χ3v) is 1.83. The summed E-state index contributed by atoms with van der Waals surface area (Å²) in [6, 6.07) is 0. The van der Waals surface area contributed by atoms with Gasteiger partial charge in [0.2, 0.25) is 5.91 Å². The van der Waals surface area contributed by atoms with Crippen LogP contribution in [0.5, 0.6) is 0 Å². The van der Waals surface area contributed by atoms with Crippen LogP contribution in [0.1, 0.15) is 27.2 Å². The molecule has 1 amide bonds. The van der Waals surface area contributed by atoms with Gasteiger partial charge in [0, 0.05) is 13.0 Å². The quantitative estimate of drug-likeness (QED) is 0.636. The van der Waals surface area contributed by atoms with Crippen LogP contribution < -0.4 is 5.32 Å². The lowest BCUT2D eigenvalue weighted by atomic mass is 9.93. The van der Waals surface area contributed by atoms with E-state index in [0.29, 0.717) is 5.92 Å². The largest absolute Gasteiger partial charge is 0.359 e. The van der Waals surface area contributed by atoms with Crippen LogP contribution in [0.3, 0.4) is 0 Å². The van der Waals surface area contributed by atoms with E-state index in [-0.39, 0.29) is 11.8 Å². The van der Waals surface area contributed by atoms with E-state index < -0.39 is 0 Å². The Morgan fingerprint density at radius 1 is 1.50 bits per heavy atom. The summed E-state index contributed by atoms with van der Waals surface area (Å²) in [7, 11) is 1.69. The van der Waals surface area contributed by atoms with Crippen molar-refractivity contribution in [2.24, 2.45) is 11.8 Å². The molecule has 2 heteroatoms. The first kappa shape index (κ1) is 9.47. The predicted molar refractivity (Wildman–Crippen MR) is 42.7 cm³/mol. The lowest BCUT2D eigenvalue weighted by molar-refractivity contribution is -0.125. The zero-order chi connectivity index (χ0) is 8.15. The molecule has 0 bridgehead atoms. The maximum atomic E-state index is 11.1. The molecule has 0 fully saturated rings. The molecule has 60 valence electrons. The maximum absolute atomic E-state index is 11.1. The molecule has 0 saturated carbocycles. The molecular formula is C8H17NO. The molecule has 0 aliphatic heterocycles. The Labute approximate surface area is 63.0 Å². The van der Waals surface area contributed by atoms with E-state index in [1.807, 2.05) is 6.92 Å². The highest BCUT2D eigenvalue weighted by Gasteiger charge is 2.17. The monoisotopic (exact) mass is 143 g/mol. The zero-order valence-electron chi connectivity index (χ0n) is 7.27. The molecule has 0 aromatic rings. The molecule has 0 spiro atoms. The highest BCUT2D eigenvalue weighted by atomic mass is 16.1. The van der Waals surface area contributed by atoms with Gasteiger partial charge in [0.15, 0.2) is 0 Å². The Hall–Kier alpha value is -0.530. The molecule has 0 radical (unpaired) electrons. The highest BCUT2D eigenvalue weighted by molar-refractivity contribution is 5.78. The lowest BCUT2D eigenvalue weighted by Gasteiger charge is -2.16. The summed E-state index contributed by atoms with van der Waals surface area (Å²) in [4.78, 5) is 11.1. The van der Waals surface area contributed by atoms with Crippen LogP contribution in [0.25, 0.3) is 0 Å². The van der Waals surface area contributed by atoms with E-state index in [0.717, 1.165) is 6.42 Å². The van der Waals surface area contributed by atoms with E-state index in [1.165, 1.54) is 0 Å². The van der Waals surface area contributed by atoms with Gasteiger partial charge in [-0.1, -0.05) is 20.8 Å². The summed E-state index contributed by atoms with van der Waals surface area (Å²) in [6.45, 7) is 6.19. The van der Waals surface area contributed by atoms with Gasteiger partial charge in [0.25, 0.3) is 0 Å². The summed E-state index contributed by atoms with van der Waals surface area (Å²) < 4.78 is 0. The minimum absolute atomic E-state index is 0.164. The summed E-state index contributed by atoms with van der Waals surface area (Å²) in [6.07, 6.45) is 0.928. The Kier molecular flexibility index (Phi) is 4.08. The number of amides is 1. The van der Waals surface area contributed by atoms with E-state index in [4.69, 9.17) is 0 Å². The normalized spacial score (nSPS) is 13.3. The van der Waals surface area contributed by atoms with Crippen LogP contribution in [-0.2, 0) is 4.79 Å². The summed E-state index contributed by atoms with van der Waals surface area (Å²) in [5.41, 5.74) is 0. The van der Waals surface area contributed by atoms with Gasteiger partial charge in [0.05, 0.1) is 0 Å². The van der Waals surface area contributed by atoms with Gasteiger partial charge in [-0.25, -0.2) is 0 Å². The van der Waals surface area contributed by atoms with Crippen LogP contribution in [0.2, 0.25) is 0 Å². The molecule has 1 atom stereocenters. The smallest absolute Gasteiger partial charge is 0.223 e. The van der Waals surface area contributed by atoms with Crippen molar-refractivity contribution >= 4 is 5.91 Å². The van der Waals surface area contributed by atoms with Crippen molar-refractivity contribution in [1.82, 2.24) is 5.32 Å². The van der Waals surface area contributed by atoms with Gasteiger partial charge in [-0.15, -0.1) is 0 Å². The molecule has 0 aromatic heterocycles. The van der Waals surface area contributed by atoms with Crippen LogP contribution >= 0.6 is 0 Å². The third kappa shape index (κ3) is 2.38. The molecule has 0 saturated heterocycles. The Morgan fingerprint density at radius 3 is 2.10 bits per heavy atom. The van der Waals surface area contributed by atoms with Crippen molar-refractivity contribution < 1.29 is 4.79 Å². The molecular weight excluding hydrogens is 126 g/mol. The molecule has 0 aliphatic rings. The fourth-order valence-electron chi connectivity index (χ4n) is 1.14. The van der Waals surface area contributed by atoms with Crippen molar-refractivity contribution in [2.75, 3.05) is 7.05 Å². The van der Waals surface area contributed by atoms with Gasteiger partial charge in [-0.2, -0.15) is 0 Å². The van der Waals surface area contributed by atoms with Crippen molar-refractivity contribution in [1.29, 1.82) is 0 Å². The average Bonchev–Trinajstić information content (AvgIpc) is 1.88. The first-order valence-corrected chi connectivity index (χ1v) is 3.85. The second kappa shape index (κ2) is 4.31. The minimum atomic E-state index is 0.164. The SMILES string of the molecule is CC[C@H](C(=O)NC)C(C)C. The number of carbonyl (C=O) groups is 1. The molecule has 10 heavy (non-hydrogen) atoms. The minimum Gasteiger partial charge on any atom is -0.359 e. The van der Waals surface area contributed by atoms with Crippen molar-refractivity contribution in [3.63, 3.8) is 0 Å². The van der Waals surface area contributed by atoms with Gasteiger partial charge >= 0.3 is 0 Å². The second-order valence-corrected chi connectivity index (χ2v) is 2.87. The van der Waals surface area contributed by atoms with E-state index in [9.17, 15) is 4.79 Å². The van der Waals surface area contributed by atoms with Gasteiger partial charge in [-0.05, 0) is 12.3 Å². The van der Waals surface area contributed by atoms with Crippen molar-refractivity contribution in [2.45, 2.75) is 27.2 Å². The van der Waals surface area contributed by atoms with Gasteiger partial charge < -0.3 is 5.32 Å². The van der Waals surface area contributed by atoms with E-state index >= 15 is 0 Å². The highest BCUT2D eigenvalue weighted by Crippen LogP contribution is 2.13. The molecule has 0 aromatic carbocycles. The Morgan fingerprint density at radius 2 is 2.00 bits per heavy atom.